The van der Waals surface area contributed by atoms with Crippen LogP contribution in [0.3, 0.4) is 0 Å². The molecule has 0 spiro atoms. The topological polar surface area (TPSA) is 65.8 Å². The molecule has 1 aromatic heterocycles. The summed E-state index contributed by atoms with van der Waals surface area (Å²) in [5, 5.41) is 11.4. The van der Waals surface area contributed by atoms with Crippen molar-refractivity contribution >= 4 is 22.9 Å². The highest BCUT2D eigenvalue weighted by molar-refractivity contribution is 7.12. The van der Waals surface area contributed by atoms with Gasteiger partial charge in [0.05, 0.1) is 23.7 Å². The number of hydrogen-bond acceptors (Lipinski definition) is 4. The third kappa shape index (κ3) is 2.73. The van der Waals surface area contributed by atoms with Gasteiger partial charge in [-0.1, -0.05) is 12.1 Å². The molecule has 2 aromatic rings. The van der Waals surface area contributed by atoms with Crippen LogP contribution in [0.15, 0.2) is 29.8 Å². The van der Waals surface area contributed by atoms with Crippen LogP contribution in [-0.4, -0.2) is 10.9 Å². The maximum Gasteiger partial charge on any atom is 0.267 e. The average molecular weight is 257 g/mol. The highest BCUT2D eigenvalue weighted by atomic mass is 32.1. The maximum atomic E-state index is 11.9. The molecule has 0 aliphatic heterocycles. The first kappa shape index (κ1) is 12.3. The van der Waals surface area contributed by atoms with Crippen LogP contribution in [0.25, 0.3) is 0 Å². The van der Waals surface area contributed by atoms with Gasteiger partial charge in [-0.2, -0.15) is 5.26 Å². The van der Waals surface area contributed by atoms with Gasteiger partial charge in [0.15, 0.2) is 0 Å². The van der Waals surface area contributed by atoms with Crippen LogP contribution in [0.2, 0.25) is 0 Å². The quantitative estimate of drug-likeness (QED) is 0.919. The van der Waals surface area contributed by atoms with Crippen LogP contribution in [0, 0.1) is 18.3 Å². The smallest absolute Gasteiger partial charge is 0.267 e. The molecule has 0 saturated heterocycles. The van der Waals surface area contributed by atoms with E-state index in [4.69, 9.17) is 5.26 Å². The molecule has 90 valence electrons. The summed E-state index contributed by atoms with van der Waals surface area (Å²) in [6, 6.07) is 9.33. The SMILES string of the molecule is Cc1ncsc1C(=O)Nc1ccc(CC#N)cc1. The Labute approximate surface area is 109 Å². The summed E-state index contributed by atoms with van der Waals surface area (Å²) in [6.07, 6.45) is 0.377. The Balaban J connectivity index is 2.08. The number of carbonyl (C=O) groups is 1. The molecule has 2 rings (SSSR count). The number of rotatable bonds is 3. The molecule has 0 atom stereocenters. The average Bonchev–Trinajstić information content (AvgIpc) is 2.78. The third-order valence-corrected chi connectivity index (χ3v) is 3.37. The van der Waals surface area contributed by atoms with Crippen LogP contribution < -0.4 is 5.32 Å². The largest absolute Gasteiger partial charge is 0.321 e. The minimum Gasteiger partial charge on any atom is -0.321 e. The molecule has 1 N–H and O–H groups in total. The molecule has 0 bridgehead atoms. The van der Waals surface area contributed by atoms with Crippen molar-refractivity contribution in [2.45, 2.75) is 13.3 Å². The standard InChI is InChI=1S/C13H11N3OS/c1-9-12(18-8-15-9)13(17)16-11-4-2-10(3-5-11)6-7-14/h2-5,8H,6H2,1H3,(H,16,17). The van der Waals surface area contributed by atoms with Crippen LogP contribution in [-0.2, 0) is 6.42 Å². The molecular weight excluding hydrogens is 246 g/mol. The van der Waals surface area contributed by atoms with Gasteiger partial charge in [0.1, 0.15) is 4.88 Å². The summed E-state index contributed by atoms with van der Waals surface area (Å²) < 4.78 is 0. The molecule has 1 heterocycles. The molecule has 0 aliphatic rings. The van der Waals surface area contributed by atoms with Gasteiger partial charge >= 0.3 is 0 Å². The maximum absolute atomic E-state index is 11.9. The number of nitrogens with one attached hydrogen (secondary N) is 1. The fraction of sp³-hybridized carbons (Fsp3) is 0.154. The van der Waals surface area contributed by atoms with Crippen molar-refractivity contribution in [1.29, 1.82) is 5.26 Å². The Kier molecular flexibility index (Phi) is 3.70. The summed E-state index contributed by atoms with van der Waals surface area (Å²) in [5.41, 5.74) is 4.04. The van der Waals surface area contributed by atoms with Crippen LogP contribution in [0.4, 0.5) is 5.69 Å². The van der Waals surface area contributed by atoms with E-state index in [0.29, 0.717) is 11.3 Å². The molecule has 0 unspecified atom stereocenters. The van der Waals surface area contributed by atoms with Gasteiger partial charge in [-0.05, 0) is 24.6 Å². The fourth-order valence-corrected chi connectivity index (χ4v) is 2.20. The van der Waals surface area contributed by atoms with Crippen molar-refractivity contribution < 1.29 is 4.79 Å². The highest BCUT2D eigenvalue weighted by Gasteiger charge is 2.11. The van der Waals surface area contributed by atoms with Gasteiger partial charge in [-0.3, -0.25) is 4.79 Å². The summed E-state index contributed by atoms with van der Waals surface area (Å²) in [4.78, 5) is 16.6. The van der Waals surface area contributed by atoms with Crippen molar-refractivity contribution in [3.63, 3.8) is 0 Å². The van der Waals surface area contributed by atoms with E-state index in [1.165, 1.54) is 11.3 Å². The highest BCUT2D eigenvalue weighted by Crippen LogP contribution is 2.16. The molecular formula is C13H11N3OS. The third-order valence-electron chi connectivity index (χ3n) is 2.45. The van der Waals surface area contributed by atoms with E-state index in [-0.39, 0.29) is 5.91 Å². The Bertz CT molecular complexity index is 595. The molecule has 0 radical (unpaired) electrons. The van der Waals surface area contributed by atoms with Gasteiger partial charge in [0.2, 0.25) is 0 Å². The lowest BCUT2D eigenvalue weighted by Crippen LogP contribution is -2.11. The number of nitriles is 1. The number of aromatic nitrogens is 1. The number of hydrogen-bond donors (Lipinski definition) is 1. The Morgan fingerprint density at radius 2 is 2.17 bits per heavy atom. The van der Waals surface area contributed by atoms with Crippen LogP contribution in [0.1, 0.15) is 20.9 Å². The van der Waals surface area contributed by atoms with Gasteiger partial charge in [-0.15, -0.1) is 11.3 Å². The predicted octanol–water partition coefficient (Wildman–Crippen LogP) is 2.77. The number of thiazole rings is 1. The lowest BCUT2D eigenvalue weighted by molar-refractivity contribution is 0.103. The molecule has 1 aromatic carbocycles. The minimum atomic E-state index is -0.150. The zero-order valence-electron chi connectivity index (χ0n) is 9.80. The number of anilines is 1. The van der Waals surface area contributed by atoms with E-state index in [0.717, 1.165) is 16.9 Å². The van der Waals surface area contributed by atoms with Crippen molar-refractivity contribution in [2.24, 2.45) is 0 Å². The number of nitrogens with zero attached hydrogens (tertiary/aromatic N) is 2. The first-order valence-electron chi connectivity index (χ1n) is 5.38. The van der Waals surface area contributed by atoms with E-state index in [1.807, 2.05) is 12.1 Å². The Morgan fingerprint density at radius 3 is 2.72 bits per heavy atom. The molecule has 0 fully saturated rings. The van der Waals surface area contributed by atoms with E-state index >= 15 is 0 Å². The van der Waals surface area contributed by atoms with Crippen molar-refractivity contribution in [2.75, 3.05) is 5.32 Å². The summed E-state index contributed by atoms with van der Waals surface area (Å²) in [5.74, 6) is -0.150. The molecule has 0 saturated carbocycles. The van der Waals surface area contributed by atoms with Gasteiger partial charge < -0.3 is 5.32 Å². The first-order chi connectivity index (χ1) is 8.70. The van der Waals surface area contributed by atoms with Crippen LogP contribution in [0.5, 0.6) is 0 Å². The van der Waals surface area contributed by atoms with Gasteiger partial charge in [-0.25, -0.2) is 4.98 Å². The normalized spacial score (nSPS) is 9.78. The molecule has 1 amide bonds. The second kappa shape index (κ2) is 5.43. The first-order valence-corrected chi connectivity index (χ1v) is 6.26. The number of carbonyl (C=O) groups excluding carboxylic acids is 1. The van der Waals surface area contributed by atoms with Crippen molar-refractivity contribution in [1.82, 2.24) is 4.98 Å². The minimum absolute atomic E-state index is 0.150. The van der Waals surface area contributed by atoms with Gasteiger partial charge in [0, 0.05) is 5.69 Å². The van der Waals surface area contributed by atoms with E-state index in [1.54, 1.807) is 24.6 Å². The van der Waals surface area contributed by atoms with Crippen molar-refractivity contribution in [3.05, 3.63) is 45.9 Å². The zero-order valence-corrected chi connectivity index (χ0v) is 10.6. The summed E-state index contributed by atoms with van der Waals surface area (Å²) in [6.45, 7) is 1.81. The van der Waals surface area contributed by atoms with Gasteiger partial charge in [0.25, 0.3) is 5.91 Å². The molecule has 0 aliphatic carbocycles. The molecule has 18 heavy (non-hydrogen) atoms. The number of aryl methyl sites for hydroxylation is 1. The number of amides is 1. The molecule has 4 nitrogen and oxygen atoms in total. The molecule has 5 heteroatoms. The summed E-state index contributed by atoms with van der Waals surface area (Å²) >= 11 is 1.32. The van der Waals surface area contributed by atoms with E-state index < -0.39 is 0 Å². The zero-order chi connectivity index (χ0) is 13.0. The Morgan fingerprint density at radius 1 is 1.44 bits per heavy atom. The monoisotopic (exact) mass is 257 g/mol. The second-order valence-corrected chi connectivity index (χ2v) is 4.61. The lowest BCUT2D eigenvalue weighted by atomic mass is 10.1. The second-order valence-electron chi connectivity index (χ2n) is 3.75. The fourth-order valence-electron chi connectivity index (χ4n) is 1.50. The van der Waals surface area contributed by atoms with Crippen molar-refractivity contribution in [3.8, 4) is 6.07 Å². The lowest BCUT2D eigenvalue weighted by Gasteiger charge is -2.04. The summed E-state index contributed by atoms with van der Waals surface area (Å²) in [7, 11) is 0. The number of benzene rings is 1. The Hall–Kier alpha value is -2.19. The predicted molar refractivity (Wildman–Crippen MR) is 70.6 cm³/mol. The van der Waals surface area contributed by atoms with Crippen LogP contribution >= 0.6 is 11.3 Å². The van der Waals surface area contributed by atoms with E-state index in [9.17, 15) is 4.79 Å². The van der Waals surface area contributed by atoms with E-state index in [2.05, 4.69) is 16.4 Å².